The van der Waals surface area contributed by atoms with Gasteiger partial charge in [-0.3, -0.25) is 0 Å². The van der Waals surface area contributed by atoms with Gasteiger partial charge in [0, 0.05) is 15.4 Å². The first-order valence-corrected chi connectivity index (χ1v) is 7.26. The second-order valence-corrected chi connectivity index (χ2v) is 6.72. The predicted octanol–water partition coefficient (Wildman–Crippen LogP) is 3.96. The first-order chi connectivity index (χ1) is 7.12. The molecule has 0 radical (unpaired) electrons. The molecule has 2 N–H and O–H groups in total. The maximum absolute atomic E-state index is 6.36. The number of thiophene rings is 1. The van der Waals surface area contributed by atoms with Crippen LogP contribution in [0.25, 0.3) is 0 Å². The Bertz CT molecular complexity index is 328. The molecule has 1 aliphatic carbocycles. The largest absolute Gasteiger partial charge is 0.327 e. The van der Waals surface area contributed by atoms with E-state index in [9.17, 15) is 0 Å². The Kier molecular flexibility index (Phi) is 3.53. The Hall–Kier alpha value is 0.140. The molecule has 1 nitrogen and oxygen atoms in total. The van der Waals surface area contributed by atoms with Crippen molar-refractivity contribution in [3.63, 3.8) is 0 Å². The fraction of sp³-hybridized carbons (Fsp3) is 0.667. The van der Waals surface area contributed by atoms with Crippen LogP contribution < -0.4 is 5.73 Å². The zero-order valence-corrected chi connectivity index (χ0v) is 11.5. The van der Waals surface area contributed by atoms with E-state index in [1.807, 2.05) is 11.3 Å². The van der Waals surface area contributed by atoms with Gasteiger partial charge < -0.3 is 5.73 Å². The number of rotatable bonds is 3. The highest BCUT2D eigenvalue weighted by atomic mass is 79.9. The molecule has 1 aromatic heterocycles. The molecule has 0 spiro atoms. The minimum Gasteiger partial charge on any atom is -0.327 e. The standard InChI is InChI=1S/C12H18BrNS/c1-12(5-2-3-6-12)11(14)8-10-9(13)4-7-15-10/h4,7,11H,2-3,5-6,8,14H2,1H3. The molecule has 0 amide bonds. The van der Waals surface area contributed by atoms with Crippen LogP contribution >= 0.6 is 27.3 Å². The summed E-state index contributed by atoms with van der Waals surface area (Å²) < 4.78 is 1.23. The molecule has 1 atom stereocenters. The third-order valence-electron chi connectivity index (χ3n) is 3.74. The molecule has 2 rings (SSSR count). The maximum atomic E-state index is 6.36. The van der Waals surface area contributed by atoms with E-state index in [1.54, 1.807) is 0 Å². The van der Waals surface area contributed by atoms with E-state index in [0.717, 1.165) is 6.42 Å². The van der Waals surface area contributed by atoms with Gasteiger partial charge in [-0.2, -0.15) is 0 Å². The average Bonchev–Trinajstić information content (AvgIpc) is 2.78. The van der Waals surface area contributed by atoms with Crippen LogP contribution in [0.4, 0.5) is 0 Å². The van der Waals surface area contributed by atoms with Crippen molar-refractivity contribution in [2.75, 3.05) is 0 Å². The van der Waals surface area contributed by atoms with Gasteiger partial charge >= 0.3 is 0 Å². The number of halogens is 1. The summed E-state index contributed by atoms with van der Waals surface area (Å²) in [5.74, 6) is 0. The van der Waals surface area contributed by atoms with Crippen LogP contribution in [0, 0.1) is 5.41 Å². The molecule has 0 saturated heterocycles. The lowest BCUT2D eigenvalue weighted by molar-refractivity contribution is 0.261. The molecule has 1 heterocycles. The van der Waals surface area contributed by atoms with Gasteiger partial charge in [-0.1, -0.05) is 19.8 Å². The minimum absolute atomic E-state index is 0.315. The zero-order chi connectivity index (χ0) is 10.9. The number of hydrogen-bond acceptors (Lipinski definition) is 2. The smallest absolute Gasteiger partial charge is 0.0314 e. The highest BCUT2D eigenvalue weighted by Crippen LogP contribution is 2.41. The summed E-state index contributed by atoms with van der Waals surface area (Å²) >= 11 is 5.38. The minimum atomic E-state index is 0.315. The SMILES string of the molecule is CC1(C(N)Cc2sccc2Br)CCCC1. The monoisotopic (exact) mass is 287 g/mol. The van der Waals surface area contributed by atoms with Gasteiger partial charge in [-0.05, 0) is 52.1 Å². The van der Waals surface area contributed by atoms with Gasteiger partial charge in [0.05, 0.1) is 0 Å². The number of nitrogens with two attached hydrogens (primary N) is 1. The van der Waals surface area contributed by atoms with E-state index in [2.05, 4.69) is 34.3 Å². The van der Waals surface area contributed by atoms with E-state index in [-0.39, 0.29) is 0 Å². The summed E-state index contributed by atoms with van der Waals surface area (Å²) in [7, 11) is 0. The molecular formula is C12H18BrNS. The topological polar surface area (TPSA) is 26.0 Å². The summed E-state index contributed by atoms with van der Waals surface area (Å²) in [6.07, 6.45) is 6.34. The van der Waals surface area contributed by atoms with Gasteiger partial charge in [0.25, 0.3) is 0 Å². The Morgan fingerprint density at radius 1 is 1.53 bits per heavy atom. The Balaban J connectivity index is 2.03. The molecule has 0 bridgehead atoms. The lowest BCUT2D eigenvalue weighted by atomic mass is 9.79. The van der Waals surface area contributed by atoms with Gasteiger partial charge in [0.15, 0.2) is 0 Å². The van der Waals surface area contributed by atoms with Crippen molar-refractivity contribution in [1.82, 2.24) is 0 Å². The van der Waals surface area contributed by atoms with E-state index < -0.39 is 0 Å². The predicted molar refractivity (Wildman–Crippen MR) is 70.3 cm³/mol. The van der Waals surface area contributed by atoms with E-state index >= 15 is 0 Å². The van der Waals surface area contributed by atoms with E-state index in [0.29, 0.717) is 11.5 Å². The van der Waals surface area contributed by atoms with Crippen molar-refractivity contribution >= 4 is 27.3 Å². The van der Waals surface area contributed by atoms with Crippen LogP contribution in [-0.4, -0.2) is 6.04 Å². The van der Waals surface area contributed by atoms with Crippen LogP contribution in [0.3, 0.4) is 0 Å². The molecule has 1 fully saturated rings. The molecule has 1 aliphatic rings. The summed E-state index contributed by atoms with van der Waals surface area (Å²) in [5.41, 5.74) is 6.74. The summed E-state index contributed by atoms with van der Waals surface area (Å²) in [5, 5.41) is 2.13. The number of hydrogen-bond donors (Lipinski definition) is 1. The van der Waals surface area contributed by atoms with E-state index in [4.69, 9.17) is 5.73 Å². The Labute approximate surface area is 104 Å². The van der Waals surface area contributed by atoms with Crippen molar-refractivity contribution in [1.29, 1.82) is 0 Å². The quantitative estimate of drug-likeness (QED) is 0.895. The lowest BCUT2D eigenvalue weighted by Crippen LogP contribution is -2.39. The first kappa shape index (κ1) is 11.6. The fourth-order valence-corrected chi connectivity index (χ4v) is 4.04. The van der Waals surface area contributed by atoms with Crippen molar-refractivity contribution < 1.29 is 0 Å². The fourth-order valence-electron chi connectivity index (χ4n) is 2.47. The molecule has 0 aromatic carbocycles. The lowest BCUT2D eigenvalue weighted by Gasteiger charge is -2.31. The van der Waals surface area contributed by atoms with Gasteiger partial charge in [-0.15, -0.1) is 11.3 Å². The zero-order valence-electron chi connectivity index (χ0n) is 9.13. The molecule has 1 unspecified atom stereocenters. The third-order valence-corrected chi connectivity index (χ3v) is 5.69. The van der Waals surface area contributed by atoms with Crippen LogP contribution in [0.15, 0.2) is 15.9 Å². The van der Waals surface area contributed by atoms with Crippen molar-refractivity contribution in [2.24, 2.45) is 11.1 Å². The van der Waals surface area contributed by atoms with Gasteiger partial charge in [0.1, 0.15) is 0 Å². The molecular weight excluding hydrogens is 270 g/mol. The molecule has 1 aromatic rings. The van der Waals surface area contributed by atoms with Crippen LogP contribution in [-0.2, 0) is 6.42 Å². The highest BCUT2D eigenvalue weighted by Gasteiger charge is 2.34. The van der Waals surface area contributed by atoms with Crippen molar-refractivity contribution in [2.45, 2.75) is 45.1 Å². The van der Waals surface area contributed by atoms with E-state index in [1.165, 1.54) is 35.0 Å². The first-order valence-electron chi connectivity index (χ1n) is 5.59. The summed E-state index contributed by atoms with van der Waals surface area (Å²) in [4.78, 5) is 1.40. The molecule has 15 heavy (non-hydrogen) atoms. The average molecular weight is 288 g/mol. The van der Waals surface area contributed by atoms with Gasteiger partial charge in [0.2, 0.25) is 0 Å². The Morgan fingerprint density at radius 3 is 2.73 bits per heavy atom. The van der Waals surface area contributed by atoms with Crippen molar-refractivity contribution in [3.05, 3.63) is 20.8 Å². The highest BCUT2D eigenvalue weighted by molar-refractivity contribution is 9.10. The second kappa shape index (κ2) is 4.56. The molecule has 0 aliphatic heterocycles. The molecule has 3 heteroatoms. The van der Waals surface area contributed by atoms with Crippen molar-refractivity contribution in [3.8, 4) is 0 Å². The molecule has 1 saturated carbocycles. The second-order valence-electron chi connectivity index (χ2n) is 4.86. The summed E-state index contributed by atoms with van der Waals surface area (Å²) in [6.45, 7) is 2.35. The van der Waals surface area contributed by atoms with Crippen LogP contribution in [0.2, 0.25) is 0 Å². The Morgan fingerprint density at radius 2 is 2.20 bits per heavy atom. The third kappa shape index (κ3) is 2.45. The normalized spacial score (nSPS) is 21.8. The van der Waals surface area contributed by atoms with Gasteiger partial charge in [-0.25, -0.2) is 0 Å². The van der Waals surface area contributed by atoms with Crippen LogP contribution in [0.1, 0.15) is 37.5 Å². The summed E-state index contributed by atoms with van der Waals surface area (Å²) in [6, 6.07) is 2.43. The maximum Gasteiger partial charge on any atom is 0.0314 e. The molecule has 84 valence electrons. The van der Waals surface area contributed by atoms with Crippen LogP contribution in [0.5, 0.6) is 0 Å².